The molecule has 0 amide bonds. The van der Waals surface area contributed by atoms with Crippen molar-refractivity contribution >= 4 is 0 Å². The van der Waals surface area contributed by atoms with Crippen molar-refractivity contribution in [3.63, 3.8) is 0 Å². The van der Waals surface area contributed by atoms with Gasteiger partial charge in [0.2, 0.25) is 0 Å². The van der Waals surface area contributed by atoms with Gasteiger partial charge in [0.15, 0.2) is 0 Å². The van der Waals surface area contributed by atoms with E-state index in [1.54, 1.807) is 0 Å². The Bertz CT molecular complexity index is 419. The molecule has 19 heavy (non-hydrogen) atoms. The van der Waals surface area contributed by atoms with Gasteiger partial charge in [-0.2, -0.15) is 0 Å². The van der Waals surface area contributed by atoms with Gasteiger partial charge in [0.25, 0.3) is 0 Å². The number of ether oxygens (including phenoxy) is 1. The van der Waals surface area contributed by atoms with Crippen molar-refractivity contribution in [1.82, 2.24) is 5.32 Å². The molecule has 0 unspecified atom stereocenters. The SMILES string of the molecule is Cc1ccc(C2(CNC(C)C)CCOCC2)cc1C. The van der Waals surface area contributed by atoms with Gasteiger partial charge in [-0.1, -0.05) is 32.0 Å². The molecule has 0 bridgehead atoms. The van der Waals surface area contributed by atoms with Gasteiger partial charge < -0.3 is 10.1 Å². The Kier molecular flexibility index (Phi) is 4.64. The van der Waals surface area contributed by atoms with E-state index in [1.165, 1.54) is 16.7 Å². The van der Waals surface area contributed by atoms with Crippen LogP contribution < -0.4 is 5.32 Å². The monoisotopic (exact) mass is 261 g/mol. The molecule has 0 aromatic heterocycles. The summed E-state index contributed by atoms with van der Waals surface area (Å²) >= 11 is 0. The molecule has 0 radical (unpaired) electrons. The third-order valence-electron chi connectivity index (χ3n) is 4.42. The van der Waals surface area contributed by atoms with Crippen molar-refractivity contribution in [3.8, 4) is 0 Å². The number of aryl methyl sites for hydroxylation is 2. The summed E-state index contributed by atoms with van der Waals surface area (Å²) in [5.74, 6) is 0. The Labute approximate surface area is 117 Å². The molecule has 1 fully saturated rings. The van der Waals surface area contributed by atoms with E-state index in [0.29, 0.717) is 6.04 Å². The largest absolute Gasteiger partial charge is 0.381 e. The first kappa shape index (κ1) is 14.5. The van der Waals surface area contributed by atoms with Crippen molar-refractivity contribution in [2.75, 3.05) is 19.8 Å². The molecule has 0 aliphatic carbocycles. The Balaban J connectivity index is 2.27. The van der Waals surface area contributed by atoms with Crippen LogP contribution in [0.4, 0.5) is 0 Å². The second-order valence-electron chi connectivity index (χ2n) is 6.23. The predicted octanol–water partition coefficient (Wildman–Crippen LogP) is 3.35. The molecule has 1 N–H and O–H groups in total. The molecular formula is C17H27NO. The first-order chi connectivity index (χ1) is 9.03. The lowest BCUT2D eigenvalue weighted by molar-refractivity contribution is 0.0492. The fourth-order valence-corrected chi connectivity index (χ4v) is 2.80. The lowest BCUT2D eigenvalue weighted by Gasteiger charge is -2.39. The zero-order valence-electron chi connectivity index (χ0n) is 12.8. The lowest BCUT2D eigenvalue weighted by Crippen LogP contribution is -2.44. The van der Waals surface area contributed by atoms with Gasteiger partial charge in [-0.05, 0) is 43.4 Å². The van der Waals surface area contributed by atoms with Gasteiger partial charge in [-0.3, -0.25) is 0 Å². The Morgan fingerprint density at radius 1 is 1.16 bits per heavy atom. The minimum absolute atomic E-state index is 0.251. The Morgan fingerprint density at radius 2 is 1.84 bits per heavy atom. The second kappa shape index (κ2) is 6.06. The lowest BCUT2D eigenvalue weighted by atomic mass is 9.73. The van der Waals surface area contributed by atoms with Crippen molar-refractivity contribution < 1.29 is 4.74 Å². The minimum Gasteiger partial charge on any atom is -0.381 e. The van der Waals surface area contributed by atoms with Crippen molar-refractivity contribution in [1.29, 1.82) is 0 Å². The third-order valence-corrected chi connectivity index (χ3v) is 4.42. The highest BCUT2D eigenvalue weighted by Gasteiger charge is 2.34. The maximum Gasteiger partial charge on any atom is 0.0475 e. The molecular weight excluding hydrogens is 234 g/mol. The predicted molar refractivity (Wildman–Crippen MR) is 80.8 cm³/mol. The van der Waals surface area contributed by atoms with Gasteiger partial charge in [0.1, 0.15) is 0 Å². The average Bonchev–Trinajstić information content (AvgIpc) is 2.40. The first-order valence-electron chi connectivity index (χ1n) is 7.42. The van der Waals surface area contributed by atoms with E-state index in [9.17, 15) is 0 Å². The van der Waals surface area contributed by atoms with Crippen LogP contribution in [-0.2, 0) is 10.2 Å². The highest BCUT2D eigenvalue weighted by molar-refractivity contribution is 5.35. The summed E-state index contributed by atoms with van der Waals surface area (Å²) in [5.41, 5.74) is 4.50. The quantitative estimate of drug-likeness (QED) is 0.897. The highest BCUT2D eigenvalue weighted by atomic mass is 16.5. The number of hydrogen-bond donors (Lipinski definition) is 1. The smallest absolute Gasteiger partial charge is 0.0475 e. The second-order valence-corrected chi connectivity index (χ2v) is 6.23. The van der Waals surface area contributed by atoms with Gasteiger partial charge >= 0.3 is 0 Å². The normalized spacial score (nSPS) is 18.8. The Hall–Kier alpha value is -0.860. The zero-order chi connectivity index (χ0) is 13.9. The van der Waals surface area contributed by atoms with Crippen molar-refractivity contribution in [2.24, 2.45) is 0 Å². The average molecular weight is 261 g/mol. The van der Waals surface area contributed by atoms with Crippen LogP contribution in [0.15, 0.2) is 18.2 Å². The highest BCUT2D eigenvalue weighted by Crippen LogP contribution is 2.35. The first-order valence-corrected chi connectivity index (χ1v) is 7.42. The van der Waals surface area contributed by atoms with E-state index in [-0.39, 0.29) is 5.41 Å². The fraction of sp³-hybridized carbons (Fsp3) is 0.647. The molecule has 0 atom stereocenters. The summed E-state index contributed by atoms with van der Waals surface area (Å²) in [6.07, 6.45) is 2.24. The van der Waals surface area contributed by atoms with E-state index >= 15 is 0 Å². The maximum atomic E-state index is 5.58. The van der Waals surface area contributed by atoms with Crippen LogP contribution in [0.2, 0.25) is 0 Å². The van der Waals surface area contributed by atoms with Crippen LogP contribution in [0, 0.1) is 13.8 Å². The van der Waals surface area contributed by atoms with Gasteiger partial charge in [0, 0.05) is 31.2 Å². The summed E-state index contributed by atoms with van der Waals surface area (Å²) in [6.45, 7) is 11.6. The van der Waals surface area contributed by atoms with Crippen molar-refractivity contribution in [3.05, 3.63) is 34.9 Å². The van der Waals surface area contributed by atoms with Crippen LogP contribution >= 0.6 is 0 Å². The van der Waals surface area contributed by atoms with Crippen LogP contribution in [0.3, 0.4) is 0 Å². The number of benzene rings is 1. The van der Waals surface area contributed by atoms with Gasteiger partial charge in [-0.25, -0.2) is 0 Å². The Morgan fingerprint density at radius 3 is 2.42 bits per heavy atom. The summed E-state index contributed by atoms with van der Waals surface area (Å²) in [4.78, 5) is 0. The van der Waals surface area contributed by atoms with Gasteiger partial charge in [-0.15, -0.1) is 0 Å². The summed E-state index contributed by atoms with van der Waals surface area (Å²) in [7, 11) is 0. The molecule has 106 valence electrons. The number of rotatable bonds is 4. The van der Waals surface area contributed by atoms with E-state index in [2.05, 4.69) is 51.2 Å². The number of hydrogen-bond acceptors (Lipinski definition) is 2. The molecule has 1 heterocycles. The molecule has 1 saturated heterocycles. The van der Waals surface area contributed by atoms with Crippen LogP contribution in [0.1, 0.15) is 43.4 Å². The molecule has 1 aromatic rings. The molecule has 1 aromatic carbocycles. The van der Waals surface area contributed by atoms with Crippen LogP contribution in [0.25, 0.3) is 0 Å². The third kappa shape index (κ3) is 3.37. The van der Waals surface area contributed by atoms with Crippen LogP contribution in [0.5, 0.6) is 0 Å². The molecule has 2 heteroatoms. The summed E-state index contributed by atoms with van der Waals surface area (Å²) < 4.78 is 5.58. The standard InChI is InChI=1S/C17H27NO/c1-13(2)18-12-17(7-9-19-10-8-17)16-6-5-14(3)15(4)11-16/h5-6,11,13,18H,7-10,12H2,1-4H3. The van der Waals surface area contributed by atoms with E-state index in [0.717, 1.165) is 32.6 Å². The minimum atomic E-state index is 0.251. The molecule has 0 saturated carbocycles. The zero-order valence-corrected chi connectivity index (χ0v) is 12.8. The number of nitrogens with one attached hydrogen (secondary N) is 1. The molecule has 1 aliphatic heterocycles. The molecule has 1 aliphatic rings. The maximum absolute atomic E-state index is 5.58. The van der Waals surface area contributed by atoms with E-state index in [1.807, 2.05) is 0 Å². The fourth-order valence-electron chi connectivity index (χ4n) is 2.80. The van der Waals surface area contributed by atoms with Crippen molar-refractivity contribution in [2.45, 2.75) is 52.0 Å². The molecule has 2 nitrogen and oxygen atoms in total. The molecule has 2 rings (SSSR count). The summed E-state index contributed by atoms with van der Waals surface area (Å²) in [5, 5.41) is 3.63. The van der Waals surface area contributed by atoms with Gasteiger partial charge in [0.05, 0.1) is 0 Å². The topological polar surface area (TPSA) is 21.3 Å². The van der Waals surface area contributed by atoms with E-state index < -0.39 is 0 Å². The van der Waals surface area contributed by atoms with E-state index in [4.69, 9.17) is 4.74 Å². The van der Waals surface area contributed by atoms with Crippen LogP contribution in [-0.4, -0.2) is 25.8 Å². The molecule has 0 spiro atoms. The summed E-state index contributed by atoms with van der Waals surface area (Å²) in [6, 6.07) is 7.49.